The average molecular weight is 283 g/mol. The van der Waals surface area contributed by atoms with Crippen molar-refractivity contribution in [3.63, 3.8) is 0 Å². The van der Waals surface area contributed by atoms with Crippen molar-refractivity contribution in [2.24, 2.45) is 0 Å². The van der Waals surface area contributed by atoms with E-state index in [-0.39, 0.29) is 12.2 Å². The molecule has 1 aromatic rings. The summed E-state index contributed by atoms with van der Waals surface area (Å²) in [4.78, 5) is 33.4. The third kappa shape index (κ3) is 3.77. The van der Waals surface area contributed by atoms with Gasteiger partial charge in [-0.15, -0.1) is 5.10 Å². The van der Waals surface area contributed by atoms with Gasteiger partial charge in [0.05, 0.1) is 5.69 Å². The van der Waals surface area contributed by atoms with Gasteiger partial charge < -0.3 is 5.11 Å². The van der Waals surface area contributed by atoms with E-state index in [4.69, 9.17) is 5.11 Å². The summed E-state index contributed by atoms with van der Waals surface area (Å²) in [5.41, 5.74) is 3.91. The smallest absolute Gasteiger partial charge is 0.358 e. The number of carboxylic acids is 1. The number of carboxylic acid groups (broad SMARTS) is 1. The van der Waals surface area contributed by atoms with E-state index in [1.165, 1.54) is 11.6 Å². The second-order valence-electron chi connectivity index (χ2n) is 5.23. The third-order valence-corrected chi connectivity index (χ3v) is 2.32. The van der Waals surface area contributed by atoms with Crippen molar-refractivity contribution in [3.05, 3.63) is 11.4 Å². The first-order valence-electron chi connectivity index (χ1n) is 5.85. The predicted octanol–water partition coefficient (Wildman–Crippen LogP) is -0.559. The van der Waals surface area contributed by atoms with Gasteiger partial charge in [0.2, 0.25) is 5.91 Å². The Bertz CT molecular complexity index is 543. The molecule has 1 rings (SSSR count). The summed E-state index contributed by atoms with van der Waals surface area (Å²) in [6.45, 7) is 6.38. The quantitative estimate of drug-likeness (QED) is 0.638. The van der Waals surface area contributed by atoms with E-state index in [0.717, 1.165) is 0 Å². The summed E-state index contributed by atoms with van der Waals surface area (Å²) in [5, 5.41) is 16.3. The van der Waals surface area contributed by atoms with Crippen LogP contribution in [0.25, 0.3) is 0 Å². The number of amides is 2. The van der Waals surface area contributed by atoms with Crippen molar-refractivity contribution in [2.75, 3.05) is 0 Å². The van der Waals surface area contributed by atoms with Crippen molar-refractivity contribution < 1.29 is 19.5 Å². The van der Waals surface area contributed by atoms with Crippen LogP contribution in [-0.4, -0.2) is 37.9 Å². The highest BCUT2D eigenvalue weighted by Crippen LogP contribution is 2.24. The van der Waals surface area contributed by atoms with Crippen molar-refractivity contribution >= 4 is 17.8 Å². The van der Waals surface area contributed by atoms with E-state index in [0.29, 0.717) is 5.69 Å². The zero-order valence-electron chi connectivity index (χ0n) is 11.7. The maximum absolute atomic E-state index is 11.6. The number of rotatable bonds is 3. The molecule has 20 heavy (non-hydrogen) atoms. The minimum absolute atomic E-state index is 0.190. The van der Waals surface area contributed by atoms with Gasteiger partial charge >= 0.3 is 5.97 Å². The normalized spacial score (nSPS) is 11.0. The summed E-state index contributed by atoms with van der Waals surface area (Å²) in [7, 11) is 0. The van der Waals surface area contributed by atoms with Gasteiger partial charge in [0.25, 0.3) is 5.91 Å². The molecule has 3 N–H and O–H groups in total. The fraction of sp³-hybridized carbons (Fsp3) is 0.545. The number of hydrogen-bond acceptors (Lipinski definition) is 5. The summed E-state index contributed by atoms with van der Waals surface area (Å²) in [6, 6.07) is 0. The van der Waals surface area contributed by atoms with E-state index in [1.54, 1.807) is 20.8 Å². The van der Waals surface area contributed by atoms with Gasteiger partial charge in [0.1, 0.15) is 6.54 Å². The molecule has 0 saturated carbocycles. The van der Waals surface area contributed by atoms with Crippen LogP contribution in [0.3, 0.4) is 0 Å². The average Bonchev–Trinajstić information content (AvgIpc) is 2.69. The number of aromatic nitrogens is 3. The topological polar surface area (TPSA) is 126 Å². The van der Waals surface area contributed by atoms with E-state index in [1.807, 2.05) is 0 Å². The fourth-order valence-electron chi connectivity index (χ4n) is 1.64. The maximum Gasteiger partial charge on any atom is 0.358 e. The second-order valence-corrected chi connectivity index (χ2v) is 5.23. The molecular formula is C11H17N5O4. The van der Waals surface area contributed by atoms with Gasteiger partial charge in [-0.3, -0.25) is 20.4 Å². The Kier molecular flexibility index (Phi) is 4.43. The Labute approximate surface area is 115 Å². The van der Waals surface area contributed by atoms with E-state index >= 15 is 0 Å². The monoisotopic (exact) mass is 283 g/mol. The van der Waals surface area contributed by atoms with Gasteiger partial charge in [-0.05, 0) is 0 Å². The number of carbonyl (C=O) groups is 3. The lowest BCUT2D eigenvalue weighted by Crippen LogP contribution is -2.42. The highest BCUT2D eigenvalue weighted by atomic mass is 16.4. The number of nitrogens with one attached hydrogen (secondary N) is 2. The first-order chi connectivity index (χ1) is 9.12. The van der Waals surface area contributed by atoms with Gasteiger partial charge in [0.15, 0.2) is 5.69 Å². The number of carbonyl (C=O) groups excluding carboxylic acids is 2. The van der Waals surface area contributed by atoms with E-state index in [9.17, 15) is 14.4 Å². The Balaban J connectivity index is 2.99. The van der Waals surface area contributed by atoms with Gasteiger partial charge in [-0.1, -0.05) is 26.0 Å². The molecule has 9 nitrogen and oxygen atoms in total. The molecule has 0 aliphatic heterocycles. The van der Waals surface area contributed by atoms with Gasteiger partial charge in [-0.2, -0.15) is 0 Å². The molecule has 0 atom stereocenters. The fourth-order valence-corrected chi connectivity index (χ4v) is 1.64. The number of hydrazine groups is 1. The largest absolute Gasteiger partial charge is 0.476 e. The Morgan fingerprint density at radius 2 is 1.85 bits per heavy atom. The van der Waals surface area contributed by atoms with Crippen LogP contribution in [0.5, 0.6) is 0 Å². The minimum Gasteiger partial charge on any atom is -0.476 e. The van der Waals surface area contributed by atoms with Gasteiger partial charge in [-0.25, -0.2) is 9.48 Å². The maximum atomic E-state index is 11.6. The van der Waals surface area contributed by atoms with Crippen molar-refractivity contribution in [3.8, 4) is 0 Å². The molecule has 0 radical (unpaired) electrons. The highest BCUT2D eigenvalue weighted by Gasteiger charge is 2.29. The second kappa shape index (κ2) is 5.68. The Morgan fingerprint density at radius 1 is 1.25 bits per heavy atom. The molecule has 0 bridgehead atoms. The molecule has 0 saturated heterocycles. The van der Waals surface area contributed by atoms with Crippen molar-refractivity contribution in [1.82, 2.24) is 25.8 Å². The van der Waals surface area contributed by atoms with Crippen molar-refractivity contribution in [1.29, 1.82) is 0 Å². The number of hydrogen-bond donors (Lipinski definition) is 3. The van der Waals surface area contributed by atoms with E-state index < -0.39 is 23.2 Å². The van der Waals surface area contributed by atoms with Crippen LogP contribution in [0.1, 0.15) is 43.9 Å². The van der Waals surface area contributed by atoms with Crippen molar-refractivity contribution in [2.45, 2.75) is 39.7 Å². The SMILES string of the molecule is CC(=O)NNC(=O)Cn1nnc(C(=O)O)c1C(C)(C)C. The molecule has 2 amide bonds. The van der Waals surface area contributed by atoms with Crippen LogP contribution in [0.15, 0.2) is 0 Å². The molecule has 0 fully saturated rings. The van der Waals surface area contributed by atoms with E-state index in [2.05, 4.69) is 21.2 Å². The standard InChI is InChI=1S/C11H17N5O4/c1-6(17)12-13-7(18)5-16-9(11(2,3)4)8(10(19)20)14-15-16/h5H2,1-4H3,(H,12,17)(H,13,18)(H,19,20). The zero-order valence-corrected chi connectivity index (χ0v) is 11.7. The van der Waals surface area contributed by atoms with Crippen LogP contribution in [0, 0.1) is 0 Å². The first-order valence-corrected chi connectivity index (χ1v) is 5.85. The van der Waals surface area contributed by atoms with Crippen LogP contribution in [0.4, 0.5) is 0 Å². The molecule has 9 heteroatoms. The van der Waals surface area contributed by atoms with Crippen LogP contribution < -0.4 is 10.9 Å². The molecule has 0 unspecified atom stereocenters. The number of nitrogens with zero attached hydrogens (tertiary/aromatic N) is 3. The Morgan fingerprint density at radius 3 is 2.30 bits per heavy atom. The number of aromatic carboxylic acids is 1. The molecule has 0 aliphatic carbocycles. The lowest BCUT2D eigenvalue weighted by molar-refractivity contribution is -0.128. The molecular weight excluding hydrogens is 266 g/mol. The highest BCUT2D eigenvalue weighted by molar-refractivity contribution is 5.87. The van der Waals surface area contributed by atoms with Crippen LogP contribution in [-0.2, 0) is 21.5 Å². The van der Waals surface area contributed by atoms with Crippen LogP contribution in [0.2, 0.25) is 0 Å². The molecule has 1 aromatic heterocycles. The summed E-state index contributed by atoms with van der Waals surface area (Å²) < 4.78 is 1.21. The molecule has 0 aromatic carbocycles. The summed E-state index contributed by atoms with van der Waals surface area (Å²) in [5.74, 6) is -2.16. The lowest BCUT2D eigenvalue weighted by atomic mass is 9.90. The molecule has 110 valence electrons. The van der Waals surface area contributed by atoms with Gasteiger partial charge in [0, 0.05) is 12.3 Å². The predicted molar refractivity (Wildman–Crippen MR) is 67.6 cm³/mol. The summed E-state index contributed by atoms with van der Waals surface area (Å²) in [6.07, 6.45) is 0. The van der Waals surface area contributed by atoms with Crippen LogP contribution >= 0.6 is 0 Å². The summed E-state index contributed by atoms with van der Waals surface area (Å²) >= 11 is 0. The first kappa shape index (κ1) is 15.6. The third-order valence-electron chi connectivity index (χ3n) is 2.32. The molecule has 0 aliphatic rings. The molecule has 1 heterocycles. The minimum atomic E-state index is -1.21. The zero-order chi connectivity index (χ0) is 15.5. The lowest BCUT2D eigenvalue weighted by Gasteiger charge is -2.20. The molecule has 0 spiro atoms. The Hall–Kier alpha value is -2.45.